The van der Waals surface area contributed by atoms with E-state index < -0.39 is 6.10 Å². The van der Waals surface area contributed by atoms with Gasteiger partial charge in [-0.15, -0.1) is 11.8 Å². The summed E-state index contributed by atoms with van der Waals surface area (Å²) in [6.07, 6.45) is 5.70. The van der Waals surface area contributed by atoms with E-state index >= 15 is 0 Å². The minimum Gasteiger partial charge on any atom is -0.385 e. The molecule has 3 aromatic carbocycles. The van der Waals surface area contributed by atoms with Crippen LogP contribution in [-0.4, -0.2) is 37.9 Å². The Bertz CT molecular complexity index is 1480. The minimum absolute atomic E-state index is 0.130. The molecule has 0 aliphatic heterocycles. The summed E-state index contributed by atoms with van der Waals surface area (Å²) in [7, 11) is 0. The molecule has 0 fully saturated rings. The van der Waals surface area contributed by atoms with E-state index in [4.69, 9.17) is 5.10 Å². The normalized spacial score (nSPS) is 17.2. The van der Waals surface area contributed by atoms with E-state index in [-0.39, 0.29) is 11.9 Å². The highest BCUT2D eigenvalue weighted by molar-refractivity contribution is 8.03. The third-order valence-corrected chi connectivity index (χ3v) is 8.39. The number of nitrogens with zero attached hydrogens (tertiary/aromatic N) is 3. The van der Waals surface area contributed by atoms with Gasteiger partial charge in [0.05, 0.1) is 0 Å². The first-order chi connectivity index (χ1) is 18.5. The van der Waals surface area contributed by atoms with Gasteiger partial charge >= 0.3 is 0 Å². The number of amides is 1. The number of unbranched alkanes of at least 4 members (excludes halogenated alkanes) is 1. The van der Waals surface area contributed by atoms with E-state index in [0.29, 0.717) is 5.56 Å². The molecule has 0 saturated heterocycles. The van der Waals surface area contributed by atoms with Crippen LogP contribution in [-0.2, 0) is 0 Å². The molecule has 2 N–H and O–H groups in total. The number of thioether (sulfide) groups is 1. The lowest BCUT2D eigenvalue weighted by Crippen LogP contribution is -2.28. The minimum atomic E-state index is -0.655. The number of hydrogen-bond acceptors (Lipinski definition) is 6. The van der Waals surface area contributed by atoms with Crippen LogP contribution in [0.3, 0.4) is 0 Å². The summed E-state index contributed by atoms with van der Waals surface area (Å²) in [4.78, 5) is 17.1. The lowest BCUT2D eigenvalue weighted by molar-refractivity contribution is 0.102. The molecule has 2 unspecified atom stereocenters. The van der Waals surface area contributed by atoms with Crippen molar-refractivity contribution in [3.63, 3.8) is 0 Å². The summed E-state index contributed by atoms with van der Waals surface area (Å²) < 4.78 is 0. The van der Waals surface area contributed by atoms with Crippen LogP contribution < -0.4 is 5.32 Å². The Balaban J connectivity index is 1.27. The molecule has 1 heterocycles. The van der Waals surface area contributed by atoms with Gasteiger partial charge in [-0.2, -0.15) is 15.0 Å². The molecule has 6 nitrogen and oxygen atoms in total. The number of aliphatic hydroxyl groups is 1. The van der Waals surface area contributed by atoms with E-state index in [1.54, 1.807) is 40.5 Å². The highest BCUT2D eigenvalue weighted by Crippen LogP contribution is 2.35. The van der Waals surface area contributed by atoms with Crippen molar-refractivity contribution in [2.75, 3.05) is 11.1 Å². The molecule has 0 spiro atoms. The number of rotatable bonds is 9. The largest absolute Gasteiger partial charge is 0.385 e. The molecule has 5 rings (SSSR count). The number of hydrogen-bond donors (Lipinski definition) is 2. The Morgan fingerprint density at radius 2 is 1.74 bits per heavy atom. The van der Waals surface area contributed by atoms with E-state index in [0.717, 1.165) is 55.6 Å². The van der Waals surface area contributed by atoms with Gasteiger partial charge in [0.2, 0.25) is 0 Å². The zero-order valence-electron chi connectivity index (χ0n) is 21.4. The van der Waals surface area contributed by atoms with Gasteiger partial charge in [0, 0.05) is 25.9 Å². The number of allylic oxidation sites excluding steroid dienone is 2. The average Bonchev–Trinajstić information content (AvgIpc) is 3.35. The molecule has 38 heavy (non-hydrogen) atoms. The molecule has 2 atom stereocenters. The first kappa shape index (κ1) is 26.3. The summed E-state index contributed by atoms with van der Waals surface area (Å²) in [5, 5.41) is 23.4. The van der Waals surface area contributed by atoms with Gasteiger partial charge in [-0.05, 0) is 79.8 Å². The van der Waals surface area contributed by atoms with Gasteiger partial charge in [0.25, 0.3) is 5.91 Å². The fourth-order valence-electron chi connectivity index (χ4n) is 4.18. The Morgan fingerprint density at radius 3 is 2.50 bits per heavy atom. The zero-order valence-corrected chi connectivity index (χ0v) is 23.0. The smallest absolute Gasteiger partial charge is 0.255 e. The third-order valence-electron chi connectivity index (χ3n) is 6.20. The van der Waals surface area contributed by atoms with Gasteiger partial charge in [-0.1, -0.05) is 55.0 Å². The lowest BCUT2D eigenvalue weighted by atomic mass is 10.0. The maximum absolute atomic E-state index is 12.4. The number of nitrogens with one attached hydrogen (secondary N) is 1. The quantitative estimate of drug-likeness (QED) is 0.219. The van der Waals surface area contributed by atoms with Crippen LogP contribution in [0, 0.1) is 0 Å². The number of aromatic nitrogens is 3. The standard InChI is InChI=1S/C30H30N4O2S2/c1-3-4-16-37-28-18-20(2)17-27(29(28)35)34-32-25-15-14-24(19-26(25)33-34)38-23-12-10-22(11-13-23)31-30(36)21-8-6-5-7-9-21/h5-15,17-19,27,29,35H,3-4,16H2,1-2H3,(H,31,36). The van der Waals surface area contributed by atoms with Crippen LogP contribution in [0.2, 0.25) is 0 Å². The number of fused-ring (bicyclic) bond motifs is 1. The van der Waals surface area contributed by atoms with Gasteiger partial charge in [0.15, 0.2) is 0 Å². The summed E-state index contributed by atoms with van der Waals surface area (Å²) in [5.41, 5.74) is 4.06. The summed E-state index contributed by atoms with van der Waals surface area (Å²) in [6.45, 7) is 4.23. The molecular formula is C30H30N4O2S2. The van der Waals surface area contributed by atoms with Gasteiger partial charge < -0.3 is 10.4 Å². The first-order valence-electron chi connectivity index (χ1n) is 12.7. The second-order valence-electron chi connectivity index (χ2n) is 9.21. The average molecular weight is 543 g/mol. The molecule has 8 heteroatoms. The molecule has 1 amide bonds. The van der Waals surface area contributed by atoms with Crippen LogP contribution in [0.4, 0.5) is 5.69 Å². The summed E-state index contributed by atoms with van der Waals surface area (Å²) >= 11 is 3.34. The first-order valence-corrected chi connectivity index (χ1v) is 14.5. The summed E-state index contributed by atoms with van der Waals surface area (Å²) in [5.74, 6) is 0.865. The molecule has 1 aliphatic rings. The number of benzene rings is 3. The van der Waals surface area contributed by atoms with Gasteiger partial charge in [-0.3, -0.25) is 4.79 Å². The van der Waals surface area contributed by atoms with Gasteiger partial charge in [-0.25, -0.2) is 0 Å². The van der Waals surface area contributed by atoms with Crippen LogP contribution in [0.5, 0.6) is 0 Å². The number of carbonyl (C=O) groups is 1. The number of aliphatic hydroxyl groups excluding tert-OH is 1. The van der Waals surface area contributed by atoms with Crippen LogP contribution in [0.15, 0.2) is 105 Å². The molecule has 4 aromatic rings. The fraction of sp³-hybridized carbons (Fsp3) is 0.233. The van der Waals surface area contributed by atoms with E-state index in [1.165, 1.54) is 0 Å². The van der Waals surface area contributed by atoms with E-state index in [1.807, 2.05) is 66.7 Å². The van der Waals surface area contributed by atoms with Crippen LogP contribution in [0.25, 0.3) is 11.0 Å². The second kappa shape index (κ2) is 12.0. The Morgan fingerprint density at radius 1 is 1.00 bits per heavy atom. The second-order valence-corrected chi connectivity index (χ2v) is 11.5. The molecule has 0 bridgehead atoms. The molecule has 1 aromatic heterocycles. The molecule has 194 valence electrons. The Labute approximate surface area is 231 Å². The lowest BCUT2D eigenvalue weighted by Gasteiger charge is -2.25. The van der Waals surface area contributed by atoms with Crippen LogP contribution in [0.1, 0.15) is 43.1 Å². The van der Waals surface area contributed by atoms with Crippen molar-refractivity contribution < 1.29 is 9.90 Å². The van der Waals surface area contributed by atoms with Crippen molar-refractivity contribution in [1.29, 1.82) is 0 Å². The maximum atomic E-state index is 12.4. The fourth-order valence-corrected chi connectivity index (χ4v) is 6.28. The number of carbonyl (C=O) groups excluding carboxylic acids is 1. The maximum Gasteiger partial charge on any atom is 0.255 e. The predicted octanol–water partition coefficient (Wildman–Crippen LogP) is 7.11. The molecular weight excluding hydrogens is 512 g/mol. The molecule has 1 aliphatic carbocycles. The highest BCUT2D eigenvalue weighted by atomic mass is 32.2. The van der Waals surface area contributed by atoms with E-state index in [9.17, 15) is 9.90 Å². The Kier molecular flexibility index (Phi) is 8.32. The predicted molar refractivity (Wildman–Crippen MR) is 157 cm³/mol. The topological polar surface area (TPSA) is 80.0 Å². The van der Waals surface area contributed by atoms with Crippen molar-refractivity contribution in [2.45, 2.75) is 48.6 Å². The highest BCUT2D eigenvalue weighted by Gasteiger charge is 2.28. The zero-order chi connectivity index (χ0) is 26.5. The van der Waals surface area contributed by atoms with Crippen molar-refractivity contribution >= 4 is 46.2 Å². The number of anilines is 1. The Hall–Kier alpha value is -3.33. The monoisotopic (exact) mass is 542 g/mol. The van der Waals surface area contributed by atoms with Crippen LogP contribution >= 0.6 is 23.5 Å². The van der Waals surface area contributed by atoms with Crippen molar-refractivity contribution in [3.8, 4) is 0 Å². The summed E-state index contributed by atoms with van der Waals surface area (Å²) in [6, 6.07) is 22.6. The molecule has 0 radical (unpaired) electrons. The van der Waals surface area contributed by atoms with Crippen molar-refractivity contribution in [3.05, 3.63) is 101 Å². The van der Waals surface area contributed by atoms with Crippen molar-refractivity contribution in [2.24, 2.45) is 0 Å². The molecule has 0 saturated carbocycles. The van der Waals surface area contributed by atoms with Crippen molar-refractivity contribution in [1.82, 2.24) is 15.0 Å². The van der Waals surface area contributed by atoms with E-state index in [2.05, 4.69) is 30.3 Å². The SMILES string of the molecule is CCCCSC1=CC(C)=CC(n2nc3ccc(Sc4ccc(NC(=O)c5ccccc5)cc4)cc3n2)C1O. The van der Waals surface area contributed by atoms with Gasteiger partial charge in [0.1, 0.15) is 23.2 Å². The third kappa shape index (κ3) is 6.20.